The molecule has 1 aliphatic heterocycles. The number of hydrogen-bond donors (Lipinski definition) is 1. The molecule has 1 N–H and O–H groups in total. The SMILES string of the molecule is Cc1c(NC(=O)OCC2c3ccccc3-c3ccccc32)cccc1C(=O)ON1C(=O)c2ccccc2C1=O. The molecule has 0 saturated heterocycles. The Labute approximate surface area is 223 Å². The lowest BCUT2D eigenvalue weighted by Crippen LogP contribution is -2.33. The third kappa shape index (κ3) is 4.12. The van der Waals surface area contributed by atoms with Gasteiger partial charge in [-0.05, 0) is 59.0 Å². The maximum absolute atomic E-state index is 12.9. The van der Waals surface area contributed by atoms with Gasteiger partial charge in [0.15, 0.2) is 0 Å². The van der Waals surface area contributed by atoms with Crippen molar-refractivity contribution in [1.29, 1.82) is 0 Å². The monoisotopic (exact) mass is 518 g/mol. The summed E-state index contributed by atoms with van der Waals surface area (Å²) in [6.07, 6.45) is -0.675. The van der Waals surface area contributed by atoms with Crippen LogP contribution in [0.4, 0.5) is 10.5 Å². The number of nitrogens with one attached hydrogen (secondary N) is 1. The van der Waals surface area contributed by atoms with Crippen molar-refractivity contribution < 1.29 is 28.8 Å². The Morgan fingerprint density at radius 3 is 1.87 bits per heavy atom. The average Bonchev–Trinajstić information content (AvgIpc) is 3.40. The van der Waals surface area contributed by atoms with E-state index in [1.807, 2.05) is 36.4 Å². The number of benzene rings is 4. The van der Waals surface area contributed by atoms with E-state index in [0.29, 0.717) is 16.3 Å². The first-order valence-electron chi connectivity index (χ1n) is 12.4. The number of nitrogens with zero attached hydrogens (tertiary/aromatic N) is 1. The van der Waals surface area contributed by atoms with E-state index in [-0.39, 0.29) is 29.2 Å². The minimum absolute atomic E-state index is 0.0861. The number of anilines is 1. The van der Waals surface area contributed by atoms with E-state index < -0.39 is 23.9 Å². The van der Waals surface area contributed by atoms with Gasteiger partial charge in [-0.25, -0.2) is 9.59 Å². The summed E-state index contributed by atoms with van der Waals surface area (Å²) >= 11 is 0. The van der Waals surface area contributed by atoms with Gasteiger partial charge >= 0.3 is 12.1 Å². The highest BCUT2D eigenvalue weighted by Crippen LogP contribution is 2.44. The number of hydroxylamine groups is 2. The Balaban J connectivity index is 1.14. The lowest BCUT2D eigenvalue weighted by atomic mass is 9.98. The quantitative estimate of drug-likeness (QED) is 0.339. The topological polar surface area (TPSA) is 102 Å². The molecule has 0 spiro atoms. The number of hydrogen-bond acceptors (Lipinski definition) is 6. The largest absolute Gasteiger partial charge is 0.448 e. The van der Waals surface area contributed by atoms with E-state index in [9.17, 15) is 19.2 Å². The number of imide groups is 1. The van der Waals surface area contributed by atoms with Crippen LogP contribution in [-0.2, 0) is 9.57 Å². The molecule has 4 aromatic rings. The summed E-state index contributed by atoms with van der Waals surface area (Å²) in [6.45, 7) is 1.76. The van der Waals surface area contributed by atoms with Crippen LogP contribution in [0.15, 0.2) is 91.0 Å². The lowest BCUT2D eigenvalue weighted by molar-refractivity contribution is -0.0585. The van der Waals surface area contributed by atoms with Crippen molar-refractivity contribution in [1.82, 2.24) is 5.06 Å². The highest BCUT2D eigenvalue weighted by Gasteiger charge is 2.39. The number of fused-ring (bicyclic) bond motifs is 4. The first-order chi connectivity index (χ1) is 18.9. The average molecular weight is 519 g/mol. The van der Waals surface area contributed by atoms with E-state index in [2.05, 4.69) is 17.4 Å². The van der Waals surface area contributed by atoms with E-state index in [1.165, 1.54) is 18.2 Å². The van der Waals surface area contributed by atoms with Gasteiger partial charge < -0.3 is 9.57 Å². The predicted octanol–water partition coefficient (Wildman–Crippen LogP) is 5.72. The van der Waals surface area contributed by atoms with Crippen LogP contribution in [0, 0.1) is 6.92 Å². The summed E-state index contributed by atoms with van der Waals surface area (Å²) < 4.78 is 5.61. The molecule has 1 heterocycles. The number of amides is 3. The van der Waals surface area contributed by atoms with E-state index in [0.717, 1.165) is 22.3 Å². The molecule has 0 unspecified atom stereocenters. The van der Waals surface area contributed by atoms with Gasteiger partial charge in [-0.15, -0.1) is 0 Å². The molecule has 8 nitrogen and oxygen atoms in total. The zero-order valence-corrected chi connectivity index (χ0v) is 20.8. The Hall–Kier alpha value is -5.24. The molecule has 0 atom stereocenters. The summed E-state index contributed by atoms with van der Waals surface area (Å²) in [4.78, 5) is 56.0. The molecule has 0 fully saturated rings. The second-order valence-corrected chi connectivity index (χ2v) is 9.26. The van der Waals surface area contributed by atoms with E-state index in [4.69, 9.17) is 9.57 Å². The molecule has 8 heteroatoms. The van der Waals surface area contributed by atoms with E-state index >= 15 is 0 Å². The summed E-state index contributed by atoms with van der Waals surface area (Å²) in [7, 11) is 0. The zero-order chi connectivity index (χ0) is 27.1. The molecule has 2 aliphatic rings. The second-order valence-electron chi connectivity index (χ2n) is 9.26. The highest BCUT2D eigenvalue weighted by atomic mass is 16.7. The van der Waals surface area contributed by atoms with Gasteiger partial charge in [-0.2, -0.15) is 0 Å². The standard InChI is InChI=1S/C31H22N2O6/c1-18-19(30(36)39-33-28(34)24-13-6-7-14-25(24)29(33)35)15-8-16-27(18)32-31(37)38-17-26-22-11-4-2-9-20(22)21-10-3-5-12-23(21)26/h2-16,26H,17H2,1H3,(H,32,37). The van der Waals surface area contributed by atoms with Crippen molar-refractivity contribution in [2.24, 2.45) is 0 Å². The molecule has 0 aromatic heterocycles. The van der Waals surface area contributed by atoms with E-state index in [1.54, 1.807) is 31.2 Å². The van der Waals surface area contributed by atoms with Crippen LogP contribution >= 0.6 is 0 Å². The van der Waals surface area contributed by atoms with Crippen LogP contribution in [0.5, 0.6) is 0 Å². The van der Waals surface area contributed by atoms with Crippen molar-refractivity contribution in [3.8, 4) is 11.1 Å². The molecule has 6 rings (SSSR count). The molecule has 4 aromatic carbocycles. The summed E-state index contributed by atoms with van der Waals surface area (Å²) in [5, 5.41) is 3.14. The van der Waals surface area contributed by atoms with Gasteiger partial charge in [0, 0.05) is 11.6 Å². The molecule has 39 heavy (non-hydrogen) atoms. The van der Waals surface area contributed by atoms with Crippen LogP contribution < -0.4 is 5.32 Å². The van der Waals surface area contributed by atoms with Crippen LogP contribution in [0.25, 0.3) is 11.1 Å². The molecular weight excluding hydrogens is 496 g/mol. The number of ether oxygens (including phenoxy) is 1. The molecule has 0 radical (unpaired) electrons. The second kappa shape index (κ2) is 9.57. The predicted molar refractivity (Wildman–Crippen MR) is 142 cm³/mol. The maximum atomic E-state index is 12.9. The first kappa shape index (κ1) is 24.1. The Morgan fingerprint density at radius 2 is 1.28 bits per heavy atom. The number of rotatable bonds is 5. The Morgan fingerprint density at radius 1 is 0.744 bits per heavy atom. The van der Waals surface area contributed by atoms with Crippen LogP contribution in [-0.4, -0.2) is 35.5 Å². The third-order valence-corrected chi connectivity index (χ3v) is 7.07. The van der Waals surface area contributed by atoms with Crippen molar-refractivity contribution in [3.05, 3.63) is 124 Å². The lowest BCUT2D eigenvalue weighted by Gasteiger charge is -2.17. The van der Waals surface area contributed by atoms with Crippen LogP contribution in [0.2, 0.25) is 0 Å². The maximum Gasteiger partial charge on any atom is 0.411 e. The van der Waals surface area contributed by atoms with Crippen LogP contribution in [0.3, 0.4) is 0 Å². The normalized spacial score (nSPS) is 13.5. The molecule has 192 valence electrons. The van der Waals surface area contributed by atoms with Crippen molar-refractivity contribution in [3.63, 3.8) is 0 Å². The zero-order valence-electron chi connectivity index (χ0n) is 20.8. The Kier molecular flexibility index (Phi) is 5.92. The van der Waals surface area contributed by atoms with Gasteiger partial charge in [-0.3, -0.25) is 14.9 Å². The van der Waals surface area contributed by atoms with Crippen molar-refractivity contribution in [2.75, 3.05) is 11.9 Å². The van der Waals surface area contributed by atoms with Gasteiger partial charge in [-0.1, -0.05) is 71.8 Å². The number of carbonyl (C=O) groups is 4. The molecule has 0 saturated carbocycles. The highest BCUT2D eigenvalue weighted by molar-refractivity contribution is 6.21. The number of carbonyl (C=O) groups excluding carboxylic acids is 4. The molecule has 3 amide bonds. The fourth-order valence-corrected chi connectivity index (χ4v) is 5.12. The summed E-state index contributed by atoms with van der Waals surface area (Å²) in [5.41, 5.74) is 5.60. The molecular formula is C31H22N2O6. The third-order valence-electron chi connectivity index (χ3n) is 7.07. The Bertz CT molecular complexity index is 1600. The van der Waals surface area contributed by atoms with Gasteiger partial charge in [0.25, 0.3) is 11.8 Å². The smallest absolute Gasteiger partial charge is 0.411 e. The minimum atomic E-state index is -0.904. The molecule has 1 aliphatic carbocycles. The summed E-state index contributed by atoms with van der Waals surface area (Å²) in [6, 6.07) is 27.0. The fraction of sp³-hybridized carbons (Fsp3) is 0.0968. The van der Waals surface area contributed by atoms with Crippen LogP contribution in [0.1, 0.15) is 53.7 Å². The van der Waals surface area contributed by atoms with Gasteiger partial charge in [0.1, 0.15) is 6.61 Å². The first-order valence-corrected chi connectivity index (χ1v) is 12.4. The van der Waals surface area contributed by atoms with Gasteiger partial charge in [0.2, 0.25) is 0 Å². The van der Waals surface area contributed by atoms with Crippen molar-refractivity contribution >= 4 is 29.6 Å². The fourth-order valence-electron chi connectivity index (χ4n) is 5.12. The summed E-state index contributed by atoms with van der Waals surface area (Å²) in [5.74, 6) is -2.42. The van der Waals surface area contributed by atoms with Crippen molar-refractivity contribution in [2.45, 2.75) is 12.8 Å². The minimum Gasteiger partial charge on any atom is -0.448 e. The molecule has 0 bridgehead atoms. The van der Waals surface area contributed by atoms with Gasteiger partial charge in [0.05, 0.1) is 16.7 Å².